The summed E-state index contributed by atoms with van der Waals surface area (Å²) in [5.41, 5.74) is 0. The number of carboxylic acids is 1. The van der Waals surface area contributed by atoms with E-state index in [0.717, 1.165) is 39.3 Å². The normalized spacial score (nSPS) is 39.1. The molecule has 1 atom stereocenters. The van der Waals surface area contributed by atoms with Gasteiger partial charge in [-0.3, -0.25) is 9.15 Å². The van der Waals surface area contributed by atoms with Crippen LogP contribution >= 0.6 is 8.37 Å². The van der Waals surface area contributed by atoms with Crippen LogP contribution in [0.15, 0.2) is 0 Å². The van der Waals surface area contributed by atoms with Crippen LogP contribution in [0, 0.1) is 0 Å². The summed E-state index contributed by atoms with van der Waals surface area (Å²) in [6.45, 7) is 6.44. The molecule has 3 fully saturated rings. The van der Waals surface area contributed by atoms with E-state index >= 15 is 0 Å². The molecule has 0 spiro atoms. The van der Waals surface area contributed by atoms with Crippen molar-refractivity contribution in [2.24, 2.45) is 0 Å². The number of carboxylic acid groups (broad SMARTS) is 1. The van der Waals surface area contributed by atoms with Gasteiger partial charge >= 0.3 is 5.97 Å². The lowest BCUT2D eigenvalue weighted by atomic mass is 10.4. The van der Waals surface area contributed by atoms with Gasteiger partial charge in [-0.2, -0.15) is 0 Å². The molecule has 6 nitrogen and oxygen atoms in total. The molecule has 3 saturated heterocycles. The van der Waals surface area contributed by atoms with E-state index < -0.39 is 14.3 Å². The number of nitrogens with zero attached hydrogens (tertiary/aromatic N) is 4. The van der Waals surface area contributed by atoms with Crippen molar-refractivity contribution in [2.75, 3.05) is 67.0 Å². The molecule has 104 valence electrons. The summed E-state index contributed by atoms with van der Waals surface area (Å²) in [5.74, 6) is -0.695. The molecule has 1 N–H and O–H groups in total. The molecule has 2 bridgehead atoms. The fourth-order valence-corrected chi connectivity index (χ4v) is 6.01. The molecule has 0 amide bonds. The highest BCUT2D eigenvalue weighted by Crippen LogP contribution is 2.52. The molecule has 3 rings (SSSR count). The smallest absolute Gasteiger partial charge is 0.359 e. The number of likely N-dealkylation sites (N-methyl/N-ethyl adjacent to an activating group) is 3. The van der Waals surface area contributed by atoms with E-state index in [9.17, 15) is 9.90 Å². The van der Waals surface area contributed by atoms with Gasteiger partial charge in [0.15, 0.2) is 6.54 Å². The molecule has 1 unspecified atom stereocenters. The minimum Gasteiger partial charge on any atom is -0.477 e. The fraction of sp³-hybridized carbons (Fsp3) is 0.909. The van der Waals surface area contributed by atoms with E-state index in [-0.39, 0.29) is 6.54 Å². The van der Waals surface area contributed by atoms with Gasteiger partial charge in [-0.05, 0) is 14.1 Å². The predicted molar refractivity (Wildman–Crippen MR) is 72.2 cm³/mol. The second kappa shape index (κ2) is 5.39. The maximum Gasteiger partial charge on any atom is 0.359 e. The fourth-order valence-electron chi connectivity index (χ4n) is 2.96. The Labute approximate surface area is 110 Å². The minimum atomic E-state index is -0.695. The number of hydrogen-bond acceptors (Lipinski definition) is 4. The van der Waals surface area contributed by atoms with E-state index in [1.54, 1.807) is 0 Å². The molecule has 3 aliphatic rings. The first-order valence-corrected chi connectivity index (χ1v) is 7.64. The van der Waals surface area contributed by atoms with E-state index in [2.05, 4.69) is 35.4 Å². The van der Waals surface area contributed by atoms with Crippen molar-refractivity contribution in [3.63, 3.8) is 0 Å². The van der Waals surface area contributed by atoms with Crippen LogP contribution in [0.4, 0.5) is 0 Å². The van der Waals surface area contributed by atoms with Crippen molar-refractivity contribution in [1.29, 1.82) is 0 Å². The third-order valence-corrected chi connectivity index (χ3v) is 6.72. The summed E-state index contributed by atoms with van der Waals surface area (Å²) in [4.78, 5) is 13.6. The SMILES string of the molecule is CN1CCN2CCN(C)P1[N+](C)(CC(=O)O)CC2. The molecule has 3 heterocycles. The van der Waals surface area contributed by atoms with Crippen LogP contribution in [0.1, 0.15) is 0 Å². The van der Waals surface area contributed by atoms with Crippen molar-refractivity contribution in [1.82, 2.24) is 14.2 Å². The Morgan fingerprint density at radius 3 is 2.22 bits per heavy atom. The lowest BCUT2D eigenvalue weighted by molar-refractivity contribution is -0.785. The summed E-state index contributed by atoms with van der Waals surface area (Å²) in [6, 6.07) is 0. The topological polar surface area (TPSA) is 47.0 Å². The van der Waals surface area contributed by atoms with Gasteiger partial charge < -0.3 is 5.11 Å². The first-order valence-electron chi connectivity index (χ1n) is 6.44. The number of carbonyl (C=O) groups is 1. The first-order chi connectivity index (χ1) is 8.42. The molecule has 7 heteroatoms. The molecule has 0 saturated carbocycles. The molecule has 0 aliphatic carbocycles. The standard InChI is InChI=1S/C11H23N4O2P/c1-12-4-6-14-7-5-13(2)18(12)15(3,9-8-14)10-11(16)17/h4-10H2,1-3H3/p+1. The molecular formula is C11H24N4O2P+. The van der Waals surface area contributed by atoms with Crippen LogP contribution in [-0.2, 0) is 4.79 Å². The molecule has 3 aliphatic heterocycles. The molecule has 0 aromatic heterocycles. The van der Waals surface area contributed by atoms with Gasteiger partial charge in [0.05, 0.1) is 13.6 Å². The summed E-state index contributed by atoms with van der Waals surface area (Å²) in [6.07, 6.45) is 0. The number of fused-ring (bicyclic) bond motifs is 6. The number of aliphatic carboxylic acids is 1. The zero-order valence-electron chi connectivity index (χ0n) is 11.5. The molecule has 0 aromatic carbocycles. The van der Waals surface area contributed by atoms with Crippen molar-refractivity contribution < 1.29 is 14.2 Å². The average Bonchev–Trinajstić information content (AvgIpc) is 2.23. The van der Waals surface area contributed by atoms with Gasteiger partial charge in [0.25, 0.3) is 8.37 Å². The first kappa shape index (κ1) is 14.2. The van der Waals surface area contributed by atoms with Crippen LogP contribution in [0.3, 0.4) is 0 Å². The van der Waals surface area contributed by atoms with Crippen LogP contribution in [0.2, 0.25) is 0 Å². The highest BCUT2D eigenvalue weighted by atomic mass is 31.2. The minimum absolute atomic E-state index is 0.216. The van der Waals surface area contributed by atoms with Crippen LogP contribution in [0.5, 0.6) is 0 Å². The summed E-state index contributed by atoms with van der Waals surface area (Å²) < 4.78 is 5.36. The van der Waals surface area contributed by atoms with Crippen molar-refractivity contribution >= 4 is 14.3 Å². The number of hydrogen-bond donors (Lipinski definition) is 1. The Morgan fingerprint density at radius 2 is 1.72 bits per heavy atom. The highest BCUT2D eigenvalue weighted by molar-refractivity contribution is 7.46. The molecule has 18 heavy (non-hydrogen) atoms. The molecular weight excluding hydrogens is 251 g/mol. The maximum atomic E-state index is 11.2. The second-order valence-electron chi connectivity index (χ2n) is 5.49. The highest BCUT2D eigenvalue weighted by Gasteiger charge is 2.45. The third-order valence-electron chi connectivity index (χ3n) is 3.90. The van der Waals surface area contributed by atoms with Crippen LogP contribution < -0.4 is 0 Å². The van der Waals surface area contributed by atoms with Gasteiger partial charge in [-0.15, -0.1) is 0 Å². The van der Waals surface area contributed by atoms with Crippen LogP contribution in [0.25, 0.3) is 0 Å². The Bertz CT molecular complexity index is 316. The number of quaternary nitrogens is 1. The van der Waals surface area contributed by atoms with Gasteiger partial charge in [0.1, 0.15) is 0 Å². The van der Waals surface area contributed by atoms with E-state index in [1.165, 1.54) is 0 Å². The zero-order chi connectivity index (χ0) is 13.3. The Balaban J connectivity index is 2.29. The summed E-state index contributed by atoms with van der Waals surface area (Å²) in [7, 11) is 5.79. The Kier molecular flexibility index (Phi) is 4.24. The number of rotatable bonds is 2. The molecule has 0 aromatic rings. The quantitative estimate of drug-likeness (QED) is 0.715. The second-order valence-corrected chi connectivity index (χ2v) is 8.35. The van der Waals surface area contributed by atoms with Gasteiger partial charge in [-0.1, -0.05) is 0 Å². The van der Waals surface area contributed by atoms with E-state index in [1.807, 2.05) is 0 Å². The Morgan fingerprint density at radius 1 is 1.17 bits per heavy atom. The van der Waals surface area contributed by atoms with E-state index in [0.29, 0.717) is 4.25 Å². The van der Waals surface area contributed by atoms with Gasteiger partial charge in [-0.25, -0.2) is 14.1 Å². The van der Waals surface area contributed by atoms with Crippen LogP contribution in [-0.4, -0.2) is 96.5 Å². The predicted octanol–water partition coefficient (Wildman–Crippen LogP) is -0.0627. The van der Waals surface area contributed by atoms with Gasteiger partial charge in [0, 0.05) is 32.7 Å². The summed E-state index contributed by atoms with van der Waals surface area (Å²) >= 11 is 0. The summed E-state index contributed by atoms with van der Waals surface area (Å²) in [5, 5.41) is 9.21. The zero-order valence-corrected chi connectivity index (χ0v) is 12.4. The Hall–Kier alpha value is -0.260. The van der Waals surface area contributed by atoms with Crippen molar-refractivity contribution in [3.8, 4) is 0 Å². The van der Waals surface area contributed by atoms with Gasteiger partial charge in [0.2, 0.25) is 0 Å². The van der Waals surface area contributed by atoms with Crippen molar-refractivity contribution in [2.45, 2.75) is 0 Å². The monoisotopic (exact) mass is 275 g/mol. The average molecular weight is 275 g/mol. The molecule has 0 radical (unpaired) electrons. The largest absolute Gasteiger partial charge is 0.477 e. The maximum absolute atomic E-state index is 11.2. The third kappa shape index (κ3) is 2.83. The lowest BCUT2D eigenvalue weighted by Crippen LogP contribution is -2.58. The lowest BCUT2D eigenvalue weighted by Gasteiger charge is -2.50. The van der Waals surface area contributed by atoms with Crippen molar-refractivity contribution in [3.05, 3.63) is 0 Å². The van der Waals surface area contributed by atoms with E-state index in [4.69, 9.17) is 0 Å².